The number of halogens is 4. The molecule has 3 aromatic rings. The summed E-state index contributed by atoms with van der Waals surface area (Å²) in [5, 5.41) is 15.6. The second-order valence-corrected chi connectivity index (χ2v) is 8.95. The van der Waals surface area contributed by atoms with Crippen molar-refractivity contribution in [1.29, 1.82) is 0 Å². The molecule has 32 heavy (non-hydrogen) atoms. The van der Waals surface area contributed by atoms with Gasteiger partial charge in [-0.1, -0.05) is 12.5 Å². The highest BCUT2D eigenvalue weighted by Crippen LogP contribution is 2.54. The van der Waals surface area contributed by atoms with E-state index in [2.05, 4.69) is 18.1 Å². The summed E-state index contributed by atoms with van der Waals surface area (Å²) in [5.74, 6) is -4.76. The van der Waals surface area contributed by atoms with Crippen LogP contribution in [0.2, 0.25) is 0 Å². The van der Waals surface area contributed by atoms with E-state index >= 15 is 0 Å². The third-order valence-electron chi connectivity index (χ3n) is 7.07. The summed E-state index contributed by atoms with van der Waals surface area (Å²) in [6.45, 7) is 2.06. The fourth-order valence-corrected chi connectivity index (χ4v) is 5.35. The number of aliphatic hydroxyl groups excluding tert-OH is 1. The largest absolute Gasteiger partial charge is 0.388 e. The molecule has 0 unspecified atom stereocenters. The lowest BCUT2D eigenvalue weighted by Crippen LogP contribution is -2.40. The Kier molecular flexibility index (Phi) is 4.97. The fraction of sp³-hybridized carbons (Fsp3) is 0.320. The molecule has 1 N–H and O–H groups in total. The molecule has 0 radical (unpaired) electrons. The molecule has 7 heteroatoms. The average Bonchev–Trinajstić information content (AvgIpc) is 3.17. The van der Waals surface area contributed by atoms with E-state index in [1.165, 1.54) is 12.1 Å². The highest BCUT2D eigenvalue weighted by Gasteiger charge is 2.46. The Morgan fingerprint density at radius 1 is 1.09 bits per heavy atom. The minimum absolute atomic E-state index is 0.0432. The number of aliphatic hydroxyl groups is 1. The number of rotatable bonds is 3. The highest BCUT2D eigenvalue weighted by atomic mass is 19.2. The van der Waals surface area contributed by atoms with Crippen LogP contribution in [0, 0.1) is 34.6 Å². The van der Waals surface area contributed by atoms with Crippen LogP contribution >= 0.6 is 0 Å². The molecule has 0 saturated heterocycles. The molecular weight excluding hydrogens is 420 g/mol. The number of hydrogen-bond donors (Lipinski definition) is 1. The second kappa shape index (κ2) is 7.59. The van der Waals surface area contributed by atoms with Crippen molar-refractivity contribution in [3.8, 4) is 5.69 Å². The quantitative estimate of drug-likeness (QED) is 0.405. The molecule has 0 amide bonds. The summed E-state index contributed by atoms with van der Waals surface area (Å²) in [6.07, 6.45) is 5.63. The standard InChI is InChI=1S/C25H22F4N2O/c1-25-12-15-13-30-31(18-7-5-17(26)6-8-18)22(15)11-16(25)3-2-4-19(25)24(32)14-9-20(27)23(29)21(28)10-14/h5-11,13,19,24,32H,2-4,12H2,1H3/t19-,24+,25+/m1/s1. The number of hydrogen-bond acceptors (Lipinski definition) is 2. The minimum Gasteiger partial charge on any atom is -0.388 e. The molecule has 0 bridgehead atoms. The van der Waals surface area contributed by atoms with Gasteiger partial charge in [0.25, 0.3) is 0 Å². The molecule has 1 saturated carbocycles. The number of nitrogens with zero attached hydrogens (tertiary/aromatic N) is 2. The zero-order valence-corrected chi connectivity index (χ0v) is 17.5. The van der Waals surface area contributed by atoms with Crippen LogP contribution in [0.25, 0.3) is 11.8 Å². The summed E-state index contributed by atoms with van der Waals surface area (Å²) < 4.78 is 56.1. The van der Waals surface area contributed by atoms with Crippen LogP contribution in [0.5, 0.6) is 0 Å². The van der Waals surface area contributed by atoms with Gasteiger partial charge in [0.2, 0.25) is 0 Å². The van der Waals surface area contributed by atoms with Gasteiger partial charge in [-0.25, -0.2) is 22.2 Å². The van der Waals surface area contributed by atoms with Gasteiger partial charge in [0.05, 0.1) is 23.7 Å². The van der Waals surface area contributed by atoms with Gasteiger partial charge in [-0.3, -0.25) is 0 Å². The van der Waals surface area contributed by atoms with Gasteiger partial charge in [0.15, 0.2) is 17.5 Å². The lowest BCUT2D eigenvalue weighted by molar-refractivity contribution is 0.0212. The van der Waals surface area contributed by atoms with Crippen LogP contribution < -0.4 is 0 Å². The van der Waals surface area contributed by atoms with Crippen molar-refractivity contribution in [2.75, 3.05) is 0 Å². The second-order valence-electron chi connectivity index (χ2n) is 8.95. The maximum absolute atomic E-state index is 13.8. The van der Waals surface area contributed by atoms with E-state index in [0.29, 0.717) is 12.8 Å². The van der Waals surface area contributed by atoms with Crippen LogP contribution in [0.15, 0.2) is 48.2 Å². The van der Waals surface area contributed by atoms with Crippen LogP contribution in [0.1, 0.15) is 49.1 Å². The molecule has 2 aromatic carbocycles. The topological polar surface area (TPSA) is 38.0 Å². The van der Waals surface area contributed by atoms with E-state index in [0.717, 1.165) is 47.5 Å². The van der Waals surface area contributed by atoms with Crippen molar-refractivity contribution in [2.45, 2.75) is 38.7 Å². The van der Waals surface area contributed by atoms with Crippen molar-refractivity contribution < 1.29 is 22.7 Å². The van der Waals surface area contributed by atoms with Crippen molar-refractivity contribution in [2.24, 2.45) is 11.3 Å². The summed E-state index contributed by atoms with van der Waals surface area (Å²) in [6, 6.07) is 7.87. The van der Waals surface area contributed by atoms with E-state index in [-0.39, 0.29) is 17.3 Å². The number of allylic oxidation sites excluding steroid dienone is 1. The predicted octanol–water partition coefficient (Wildman–Crippen LogP) is 5.91. The first-order valence-electron chi connectivity index (χ1n) is 10.6. The normalized spacial score (nSPS) is 23.3. The number of benzene rings is 2. The molecule has 3 atom stereocenters. The molecular formula is C25H22F4N2O. The van der Waals surface area contributed by atoms with Crippen molar-refractivity contribution in [3.63, 3.8) is 0 Å². The molecule has 1 fully saturated rings. The maximum atomic E-state index is 13.8. The third kappa shape index (κ3) is 3.26. The van der Waals surface area contributed by atoms with Gasteiger partial charge >= 0.3 is 0 Å². The number of aromatic nitrogens is 2. The summed E-state index contributed by atoms with van der Waals surface area (Å²) in [4.78, 5) is 0. The third-order valence-corrected chi connectivity index (χ3v) is 7.07. The van der Waals surface area contributed by atoms with Gasteiger partial charge in [0, 0.05) is 0 Å². The first kappa shape index (κ1) is 20.9. The first-order chi connectivity index (χ1) is 15.3. The zero-order valence-electron chi connectivity index (χ0n) is 17.5. The van der Waals surface area contributed by atoms with Crippen LogP contribution in [0.3, 0.4) is 0 Å². The van der Waals surface area contributed by atoms with E-state index in [9.17, 15) is 22.7 Å². The Labute approximate surface area is 183 Å². The van der Waals surface area contributed by atoms with Gasteiger partial charge in [-0.2, -0.15) is 5.10 Å². The molecule has 3 nitrogen and oxygen atoms in total. The Balaban J connectivity index is 1.52. The summed E-state index contributed by atoms with van der Waals surface area (Å²) >= 11 is 0. The minimum atomic E-state index is -1.54. The fourth-order valence-electron chi connectivity index (χ4n) is 5.35. The van der Waals surface area contributed by atoms with E-state index in [1.54, 1.807) is 23.0 Å². The molecule has 166 valence electrons. The number of fused-ring (bicyclic) bond motifs is 2. The van der Waals surface area contributed by atoms with Crippen LogP contribution in [-0.2, 0) is 6.42 Å². The molecule has 1 aromatic heterocycles. The Morgan fingerprint density at radius 2 is 1.78 bits per heavy atom. The molecule has 2 aliphatic rings. The molecule has 2 aliphatic carbocycles. The van der Waals surface area contributed by atoms with Crippen molar-refractivity contribution in [1.82, 2.24) is 9.78 Å². The Morgan fingerprint density at radius 3 is 2.47 bits per heavy atom. The lowest BCUT2D eigenvalue weighted by atomic mass is 9.57. The predicted molar refractivity (Wildman–Crippen MR) is 112 cm³/mol. The monoisotopic (exact) mass is 442 g/mol. The van der Waals surface area contributed by atoms with Crippen molar-refractivity contribution in [3.05, 3.63) is 88.3 Å². The Hall–Kier alpha value is -2.93. The summed E-state index contributed by atoms with van der Waals surface area (Å²) in [5.41, 5.74) is 3.38. The smallest absolute Gasteiger partial charge is 0.194 e. The van der Waals surface area contributed by atoms with E-state index in [1.807, 2.05) is 0 Å². The van der Waals surface area contributed by atoms with Crippen molar-refractivity contribution >= 4 is 6.08 Å². The zero-order chi connectivity index (χ0) is 22.6. The van der Waals surface area contributed by atoms with Gasteiger partial charge in [-0.15, -0.1) is 0 Å². The SMILES string of the molecule is C[C@]12Cc3cnn(-c4ccc(F)cc4)c3C=C1CCC[C@@H]2[C@@H](O)c1cc(F)c(F)c(F)c1. The Bertz CT molecular complexity index is 1190. The van der Waals surface area contributed by atoms with E-state index < -0.39 is 29.0 Å². The molecule has 0 spiro atoms. The van der Waals surface area contributed by atoms with Crippen LogP contribution in [0.4, 0.5) is 17.6 Å². The van der Waals surface area contributed by atoms with Gasteiger partial charge < -0.3 is 5.11 Å². The van der Waals surface area contributed by atoms with Crippen LogP contribution in [-0.4, -0.2) is 14.9 Å². The molecule has 1 heterocycles. The average molecular weight is 442 g/mol. The first-order valence-corrected chi connectivity index (χ1v) is 10.6. The van der Waals surface area contributed by atoms with Gasteiger partial charge in [0.1, 0.15) is 5.82 Å². The highest BCUT2D eigenvalue weighted by molar-refractivity contribution is 5.61. The molecule has 5 rings (SSSR count). The van der Waals surface area contributed by atoms with Gasteiger partial charge in [-0.05, 0) is 90.6 Å². The lowest BCUT2D eigenvalue weighted by Gasteiger charge is -2.47. The maximum Gasteiger partial charge on any atom is 0.194 e. The summed E-state index contributed by atoms with van der Waals surface area (Å²) in [7, 11) is 0. The van der Waals surface area contributed by atoms with E-state index in [4.69, 9.17) is 0 Å². The molecule has 0 aliphatic heterocycles.